The molecular formula is C15H23BrN2. The Bertz CT molecular complexity index is 392. The van der Waals surface area contributed by atoms with E-state index in [2.05, 4.69) is 46.0 Å². The number of rotatable bonds is 3. The third-order valence-corrected chi connectivity index (χ3v) is 4.71. The van der Waals surface area contributed by atoms with Gasteiger partial charge >= 0.3 is 0 Å². The predicted octanol–water partition coefficient (Wildman–Crippen LogP) is 4.04. The second-order valence-corrected chi connectivity index (χ2v) is 6.19. The Hall–Kier alpha value is -0.540. The van der Waals surface area contributed by atoms with Crippen molar-refractivity contribution in [2.75, 3.05) is 18.8 Å². The molecule has 3 heteroatoms. The van der Waals surface area contributed by atoms with Crippen molar-refractivity contribution in [3.63, 3.8) is 0 Å². The molecule has 0 amide bonds. The van der Waals surface area contributed by atoms with E-state index in [0.717, 1.165) is 22.6 Å². The fourth-order valence-corrected chi connectivity index (χ4v) is 2.99. The summed E-state index contributed by atoms with van der Waals surface area (Å²) < 4.78 is 0.994. The Morgan fingerprint density at radius 2 is 2.17 bits per heavy atom. The monoisotopic (exact) mass is 310 g/mol. The van der Waals surface area contributed by atoms with Gasteiger partial charge in [0.15, 0.2) is 0 Å². The van der Waals surface area contributed by atoms with Crippen molar-refractivity contribution in [2.24, 2.45) is 5.92 Å². The van der Waals surface area contributed by atoms with Crippen LogP contribution in [-0.2, 0) is 6.54 Å². The molecule has 1 aliphatic heterocycles. The fourth-order valence-electron chi connectivity index (χ4n) is 2.74. The van der Waals surface area contributed by atoms with Crippen molar-refractivity contribution in [1.82, 2.24) is 4.90 Å². The van der Waals surface area contributed by atoms with Gasteiger partial charge in [-0.1, -0.05) is 19.4 Å². The van der Waals surface area contributed by atoms with Crippen molar-refractivity contribution >= 4 is 21.6 Å². The summed E-state index contributed by atoms with van der Waals surface area (Å²) in [6.45, 7) is 5.81. The van der Waals surface area contributed by atoms with Gasteiger partial charge in [-0.05, 0) is 71.9 Å². The molecule has 0 radical (unpaired) electrons. The van der Waals surface area contributed by atoms with E-state index in [9.17, 15) is 0 Å². The Morgan fingerprint density at radius 1 is 1.33 bits per heavy atom. The number of anilines is 1. The van der Waals surface area contributed by atoms with E-state index in [0.29, 0.717) is 0 Å². The summed E-state index contributed by atoms with van der Waals surface area (Å²) in [4.78, 5) is 2.57. The third kappa shape index (κ3) is 3.72. The molecule has 1 aromatic rings. The zero-order chi connectivity index (χ0) is 13.0. The molecule has 18 heavy (non-hydrogen) atoms. The minimum atomic E-state index is 0.841. The van der Waals surface area contributed by atoms with E-state index in [4.69, 9.17) is 5.73 Å². The minimum Gasteiger partial charge on any atom is -0.398 e. The van der Waals surface area contributed by atoms with Gasteiger partial charge in [0.2, 0.25) is 0 Å². The molecule has 100 valence electrons. The Kier molecular flexibility index (Phi) is 5.07. The van der Waals surface area contributed by atoms with Crippen LogP contribution >= 0.6 is 15.9 Å². The zero-order valence-electron chi connectivity index (χ0n) is 11.2. The average molecular weight is 311 g/mol. The molecule has 1 unspecified atom stereocenters. The van der Waals surface area contributed by atoms with Crippen LogP contribution in [0.4, 0.5) is 5.69 Å². The number of nitrogens with two attached hydrogens (primary N) is 1. The van der Waals surface area contributed by atoms with Crippen LogP contribution in [0.1, 0.15) is 38.2 Å². The van der Waals surface area contributed by atoms with Gasteiger partial charge in [-0.25, -0.2) is 0 Å². The topological polar surface area (TPSA) is 29.3 Å². The van der Waals surface area contributed by atoms with Crippen molar-refractivity contribution in [2.45, 2.75) is 39.2 Å². The number of hydrogen-bond donors (Lipinski definition) is 1. The summed E-state index contributed by atoms with van der Waals surface area (Å²) in [7, 11) is 0. The summed E-state index contributed by atoms with van der Waals surface area (Å²) in [6, 6.07) is 6.31. The number of hydrogen-bond acceptors (Lipinski definition) is 2. The molecule has 2 N–H and O–H groups in total. The van der Waals surface area contributed by atoms with Crippen LogP contribution in [-0.4, -0.2) is 18.0 Å². The molecule has 0 saturated carbocycles. The highest BCUT2D eigenvalue weighted by Gasteiger charge is 2.15. The lowest BCUT2D eigenvalue weighted by atomic mass is 9.98. The van der Waals surface area contributed by atoms with Crippen LogP contribution < -0.4 is 5.73 Å². The average Bonchev–Trinajstić information content (AvgIpc) is 2.59. The molecule has 1 fully saturated rings. The van der Waals surface area contributed by atoms with Gasteiger partial charge in [0.25, 0.3) is 0 Å². The van der Waals surface area contributed by atoms with Crippen LogP contribution in [0.3, 0.4) is 0 Å². The van der Waals surface area contributed by atoms with E-state index in [1.54, 1.807) is 0 Å². The highest BCUT2D eigenvalue weighted by atomic mass is 79.9. The summed E-state index contributed by atoms with van der Waals surface area (Å²) >= 11 is 3.45. The number of halogens is 1. The van der Waals surface area contributed by atoms with Crippen molar-refractivity contribution in [3.8, 4) is 0 Å². The largest absolute Gasteiger partial charge is 0.398 e. The Balaban J connectivity index is 1.94. The van der Waals surface area contributed by atoms with Crippen molar-refractivity contribution in [1.29, 1.82) is 0 Å². The molecule has 1 heterocycles. The fraction of sp³-hybridized carbons (Fsp3) is 0.600. The second-order valence-electron chi connectivity index (χ2n) is 5.34. The first-order valence-corrected chi connectivity index (χ1v) is 7.74. The summed E-state index contributed by atoms with van der Waals surface area (Å²) in [5.41, 5.74) is 8.10. The first-order valence-electron chi connectivity index (χ1n) is 6.95. The van der Waals surface area contributed by atoms with Crippen LogP contribution in [0.2, 0.25) is 0 Å². The maximum atomic E-state index is 5.93. The van der Waals surface area contributed by atoms with Gasteiger partial charge in [-0.3, -0.25) is 4.90 Å². The lowest BCUT2D eigenvalue weighted by molar-refractivity contribution is 0.272. The molecule has 1 aromatic carbocycles. The van der Waals surface area contributed by atoms with E-state index in [-0.39, 0.29) is 0 Å². The molecule has 1 saturated heterocycles. The van der Waals surface area contributed by atoms with Gasteiger partial charge in [0, 0.05) is 16.7 Å². The molecule has 2 nitrogen and oxygen atoms in total. The minimum absolute atomic E-state index is 0.841. The van der Waals surface area contributed by atoms with Gasteiger partial charge in [0.05, 0.1) is 0 Å². The summed E-state index contributed by atoms with van der Waals surface area (Å²) in [5, 5.41) is 0. The first-order chi connectivity index (χ1) is 8.69. The van der Waals surface area contributed by atoms with E-state index in [1.165, 1.54) is 44.3 Å². The molecule has 1 aliphatic rings. The maximum Gasteiger partial charge on any atom is 0.0461 e. The normalized spacial score (nSPS) is 21.8. The van der Waals surface area contributed by atoms with E-state index >= 15 is 0 Å². The van der Waals surface area contributed by atoms with E-state index in [1.807, 2.05) is 0 Å². The van der Waals surface area contributed by atoms with Gasteiger partial charge < -0.3 is 5.73 Å². The van der Waals surface area contributed by atoms with E-state index < -0.39 is 0 Å². The summed E-state index contributed by atoms with van der Waals surface area (Å²) in [6.07, 6.45) is 5.42. The van der Waals surface area contributed by atoms with Crippen LogP contribution in [0, 0.1) is 5.92 Å². The quantitative estimate of drug-likeness (QED) is 0.854. The predicted molar refractivity (Wildman–Crippen MR) is 81.5 cm³/mol. The van der Waals surface area contributed by atoms with Crippen molar-refractivity contribution < 1.29 is 0 Å². The molecule has 0 aromatic heterocycles. The van der Waals surface area contributed by atoms with Crippen LogP contribution in [0.15, 0.2) is 22.7 Å². The molecule has 0 spiro atoms. The lowest BCUT2D eigenvalue weighted by Gasteiger charge is -2.20. The van der Waals surface area contributed by atoms with Crippen LogP contribution in [0.25, 0.3) is 0 Å². The molecular weight excluding hydrogens is 288 g/mol. The standard InChI is InChI=1S/C15H23BrN2/c1-2-12-4-3-8-18(9-7-12)11-13-5-6-14(16)15(17)10-13/h5-6,10,12H,2-4,7-9,11,17H2,1H3. The van der Waals surface area contributed by atoms with Gasteiger partial charge in [-0.15, -0.1) is 0 Å². The Labute approximate surface area is 119 Å². The number of likely N-dealkylation sites (tertiary alicyclic amines) is 1. The van der Waals surface area contributed by atoms with Gasteiger partial charge in [-0.2, -0.15) is 0 Å². The highest BCUT2D eigenvalue weighted by Crippen LogP contribution is 2.24. The number of benzene rings is 1. The SMILES string of the molecule is CCC1CCCN(Cc2ccc(Br)c(N)c2)CC1. The smallest absolute Gasteiger partial charge is 0.0461 e. The molecule has 0 bridgehead atoms. The first kappa shape index (κ1) is 13.9. The molecule has 1 atom stereocenters. The third-order valence-electron chi connectivity index (χ3n) is 3.98. The molecule has 2 rings (SSSR count). The second kappa shape index (κ2) is 6.58. The zero-order valence-corrected chi connectivity index (χ0v) is 12.7. The highest BCUT2D eigenvalue weighted by molar-refractivity contribution is 9.10. The maximum absolute atomic E-state index is 5.93. The number of nitrogens with zero attached hydrogens (tertiary/aromatic N) is 1. The van der Waals surface area contributed by atoms with Gasteiger partial charge in [0.1, 0.15) is 0 Å². The summed E-state index contributed by atoms with van der Waals surface area (Å²) in [5.74, 6) is 0.935. The molecule has 0 aliphatic carbocycles. The lowest BCUT2D eigenvalue weighted by Crippen LogP contribution is -2.24. The van der Waals surface area contributed by atoms with Crippen molar-refractivity contribution in [3.05, 3.63) is 28.2 Å². The Morgan fingerprint density at radius 3 is 2.89 bits per heavy atom. The van der Waals surface area contributed by atoms with Crippen LogP contribution in [0.5, 0.6) is 0 Å². The number of nitrogen functional groups attached to an aromatic ring is 1.